The fourth-order valence-electron chi connectivity index (χ4n) is 4.36. The van der Waals surface area contributed by atoms with E-state index in [4.69, 9.17) is 9.47 Å². The van der Waals surface area contributed by atoms with Crippen molar-refractivity contribution in [3.05, 3.63) is 119 Å². The summed E-state index contributed by atoms with van der Waals surface area (Å²) in [7, 11) is 3.30. The van der Waals surface area contributed by atoms with E-state index in [0.717, 1.165) is 23.3 Å². The summed E-state index contributed by atoms with van der Waals surface area (Å²) in [6.45, 7) is 2.21. The van der Waals surface area contributed by atoms with Gasteiger partial charge in [0.25, 0.3) is 5.91 Å². The Kier molecular flexibility index (Phi) is 10.6. The molecule has 0 N–H and O–H groups in total. The molecular formula is C33H32F3NO5. The normalized spacial score (nSPS) is 11.9. The zero-order chi connectivity index (χ0) is 30.0. The van der Waals surface area contributed by atoms with Crippen molar-refractivity contribution in [3.8, 4) is 22.6 Å². The number of halogens is 3. The summed E-state index contributed by atoms with van der Waals surface area (Å²) in [4.78, 5) is 15.6. The first-order chi connectivity index (χ1) is 20.3. The number of methoxy groups -OCH3 is 2. The van der Waals surface area contributed by atoms with E-state index in [2.05, 4.69) is 9.47 Å². The van der Waals surface area contributed by atoms with Gasteiger partial charge >= 0.3 is 6.18 Å². The molecule has 1 aliphatic rings. The molecule has 220 valence electrons. The lowest BCUT2D eigenvalue weighted by Gasteiger charge is -2.25. The highest BCUT2D eigenvalue weighted by atomic mass is 19.4. The Morgan fingerprint density at radius 1 is 0.762 bits per heavy atom. The van der Waals surface area contributed by atoms with Gasteiger partial charge in [0.15, 0.2) is 11.5 Å². The molecule has 0 unspecified atom stereocenters. The molecule has 1 aliphatic heterocycles. The van der Waals surface area contributed by atoms with Gasteiger partial charge in [-0.3, -0.25) is 4.79 Å². The van der Waals surface area contributed by atoms with Gasteiger partial charge in [-0.25, -0.2) is 0 Å². The van der Waals surface area contributed by atoms with Gasteiger partial charge in [0.1, 0.15) is 0 Å². The Bertz CT molecular complexity index is 1440. The molecule has 42 heavy (non-hydrogen) atoms. The van der Waals surface area contributed by atoms with E-state index in [1.165, 1.54) is 12.1 Å². The van der Waals surface area contributed by atoms with E-state index in [-0.39, 0.29) is 12.7 Å². The smallest absolute Gasteiger partial charge is 0.416 e. The second kappa shape index (κ2) is 14.5. The molecule has 9 heteroatoms. The van der Waals surface area contributed by atoms with Crippen LogP contribution in [0.3, 0.4) is 0 Å². The summed E-state index contributed by atoms with van der Waals surface area (Å²) >= 11 is 0. The molecule has 4 aromatic carbocycles. The Morgan fingerprint density at radius 2 is 1.38 bits per heavy atom. The number of hydrogen-bond acceptors (Lipinski definition) is 5. The highest BCUT2D eigenvalue weighted by Crippen LogP contribution is 2.34. The van der Waals surface area contributed by atoms with Crippen LogP contribution in [0.25, 0.3) is 11.1 Å². The number of benzene rings is 4. The van der Waals surface area contributed by atoms with Crippen molar-refractivity contribution < 1.29 is 36.9 Å². The highest BCUT2D eigenvalue weighted by Gasteiger charge is 2.30. The van der Waals surface area contributed by atoms with E-state index < -0.39 is 11.7 Å². The second-order valence-electron chi connectivity index (χ2n) is 9.44. The van der Waals surface area contributed by atoms with Gasteiger partial charge in [0.2, 0.25) is 6.79 Å². The molecule has 1 heterocycles. The highest BCUT2D eigenvalue weighted by molar-refractivity contribution is 6.00. The van der Waals surface area contributed by atoms with Crippen molar-refractivity contribution in [2.24, 2.45) is 0 Å². The Balaban J connectivity index is 0.000000612. The van der Waals surface area contributed by atoms with Crippen LogP contribution in [0.5, 0.6) is 11.5 Å². The zero-order valence-electron chi connectivity index (χ0n) is 23.4. The fourth-order valence-corrected chi connectivity index (χ4v) is 4.36. The molecule has 0 bridgehead atoms. The van der Waals surface area contributed by atoms with Gasteiger partial charge < -0.3 is 23.8 Å². The van der Waals surface area contributed by atoms with E-state index in [9.17, 15) is 18.0 Å². The predicted octanol–water partition coefficient (Wildman–Crippen LogP) is 7.22. The second-order valence-corrected chi connectivity index (χ2v) is 9.44. The van der Waals surface area contributed by atoms with Crippen molar-refractivity contribution >= 4 is 5.91 Å². The van der Waals surface area contributed by atoms with Crippen molar-refractivity contribution in [2.45, 2.75) is 19.3 Å². The van der Waals surface area contributed by atoms with E-state index >= 15 is 0 Å². The molecule has 0 saturated carbocycles. The maximum Gasteiger partial charge on any atom is 0.416 e. The number of hydrogen-bond donors (Lipinski definition) is 0. The van der Waals surface area contributed by atoms with Crippen LogP contribution in [0.1, 0.15) is 27.0 Å². The van der Waals surface area contributed by atoms with Crippen molar-refractivity contribution in [1.82, 2.24) is 4.90 Å². The summed E-state index contributed by atoms with van der Waals surface area (Å²) in [5.74, 6) is 1.06. The average Bonchev–Trinajstić information content (AvgIpc) is 3.48. The van der Waals surface area contributed by atoms with Crippen molar-refractivity contribution in [1.29, 1.82) is 0 Å². The summed E-state index contributed by atoms with van der Waals surface area (Å²) in [5.41, 5.74) is 2.61. The Hall–Kier alpha value is -4.34. The number of carbonyl (C=O) groups excluding carboxylic acids is 1. The molecule has 0 aromatic heterocycles. The van der Waals surface area contributed by atoms with Crippen LogP contribution in [-0.4, -0.2) is 45.0 Å². The maximum absolute atomic E-state index is 13.9. The summed E-state index contributed by atoms with van der Waals surface area (Å²) < 4.78 is 59.4. The Morgan fingerprint density at radius 3 is 2.05 bits per heavy atom. The lowest BCUT2D eigenvalue weighted by Crippen LogP contribution is -2.30. The van der Waals surface area contributed by atoms with Gasteiger partial charge in [0.05, 0.1) is 18.8 Å². The third-order valence-corrected chi connectivity index (χ3v) is 6.49. The number of rotatable bonds is 9. The number of fused-ring (bicyclic) bond motifs is 1. The molecule has 0 radical (unpaired) electrons. The largest absolute Gasteiger partial charge is 0.454 e. The monoisotopic (exact) mass is 579 g/mol. The first kappa shape index (κ1) is 30.6. The molecule has 0 fully saturated rings. The number of nitrogens with zero attached hydrogens (tertiary/aromatic N) is 1. The molecule has 0 aliphatic carbocycles. The first-order valence-corrected chi connectivity index (χ1v) is 13.3. The van der Waals surface area contributed by atoms with Gasteiger partial charge in [-0.15, -0.1) is 0 Å². The van der Waals surface area contributed by atoms with Gasteiger partial charge in [-0.1, -0.05) is 66.7 Å². The third kappa shape index (κ3) is 8.11. The van der Waals surface area contributed by atoms with Crippen LogP contribution in [0, 0.1) is 0 Å². The summed E-state index contributed by atoms with van der Waals surface area (Å²) in [5, 5.41) is 0. The lowest BCUT2D eigenvalue weighted by molar-refractivity contribution is -0.137. The Labute approximate surface area is 243 Å². The van der Waals surface area contributed by atoms with Crippen LogP contribution >= 0.6 is 0 Å². The molecule has 6 nitrogen and oxygen atoms in total. The van der Waals surface area contributed by atoms with Crippen LogP contribution in [0.15, 0.2) is 97.1 Å². The third-order valence-electron chi connectivity index (χ3n) is 6.49. The van der Waals surface area contributed by atoms with Gasteiger partial charge in [-0.05, 0) is 52.6 Å². The standard InChI is InChI=1S/C29H22F3NO3.C4H10O2/c30-29(31,32)23-13-11-22(12-14-23)24-8-4-5-9-25(24)28(34)33(17-20-6-2-1-3-7-20)18-21-10-15-26-27(16-21)36-19-35-26;1-5-3-4-6-2/h1-16H,17-19H2;3-4H2,1-2H3. The van der Waals surface area contributed by atoms with Crippen LogP contribution in [-0.2, 0) is 28.7 Å². The maximum atomic E-state index is 13.9. The lowest BCUT2D eigenvalue weighted by atomic mass is 9.97. The SMILES string of the molecule is COCCOC.O=C(c1ccccc1-c1ccc(C(F)(F)F)cc1)N(Cc1ccccc1)Cc1ccc2c(c1)OCO2. The minimum absolute atomic E-state index is 0.159. The van der Waals surface area contributed by atoms with Gasteiger partial charge in [-0.2, -0.15) is 13.2 Å². The number of ether oxygens (including phenoxy) is 4. The predicted molar refractivity (Wildman–Crippen MR) is 153 cm³/mol. The quantitative estimate of drug-likeness (QED) is 0.196. The van der Waals surface area contributed by atoms with Crippen LogP contribution in [0.4, 0.5) is 13.2 Å². The molecule has 1 amide bonds. The van der Waals surface area contributed by atoms with Crippen molar-refractivity contribution in [3.63, 3.8) is 0 Å². The number of carbonyl (C=O) groups is 1. The topological polar surface area (TPSA) is 57.2 Å². The molecule has 0 spiro atoms. The zero-order valence-corrected chi connectivity index (χ0v) is 23.4. The van der Waals surface area contributed by atoms with Crippen LogP contribution < -0.4 is 9.47 Å². The molecule has 0 saturated heterocycles. The summed E-state index contributed by atoms with van der Waals surface area (Å²) in [6, 6.07) is 27.0. The average molecular weight is 580 g/mol. The number of alkyl halides is 3. The minimum atomic E-state index is -4.43. The molecule has 4 aromatic rings. The van der Waals surface area contributed by atoms with Gasteiger partial charge in [0, 0.05) is 32.9 Å². The van der Waals surface area contributed by atoms with E-state index in [1.54, 1.807) is 43.4 Å². The van der Waals surface area contributed by atoms with Crippen LogP contribution in [0.2, 0.25) is 0 Å². The first-order valence-electron chi connectivity index (χ1n) is 13.3. The number of amides is 1. The van der Waals surface area contributed by atoms with E-state index in [1.807, 2.05) is 48.5 Å². The minimum Gasteiger partial charge on any atom is -0.454 e. The summed E-state index contributed by atoms with van der Waals surface area (Å²) in [6.07, 6.45) is -4.43. The fraction of sp³-hybridized carbons (Fsp3) is 0.242. The van der Waals surface area contributed by atoms with Crippen molar-refractivity contribution in [2.75, 3.05) is 34.2 Å². The van der Waals surface area contributed by atoms with E-state index in [0.29, 0.717) is 54.5 Å². The molecule has 5 rings (SSSR count). The molecular weight excluding hydrogens is 547 g/mol. The molecule has 0 atom stereocenters.